The third kappa shape index (κ3) is 3.42. The van der Waals surface area contributed by atoms with Gasteiger partial charge in [0, 0.05) is 17.5 Å². The highest BCUT2D eigenvalue weighted by molar-refractivity contribution is 7.98. The van der Waals surface area contributed by atoms with Crippen molar-refractivity contribution in [2.45, 2.75) is 18.2 Å². The molecule has 0 aromatic heterocycles. The summed E-state index contributed by atoms with van der Waals surface area (Å²) in [6, 6.07) is 17.5. The normalized spacial score (nSPS) is 17.3. The van der Waals surface area contributed by atoms with Crippen molar-refractivity contribution in [1.29, 1.82) is 0 Å². The third-order valence-electron chi connectivity index (χ3n) is 3.95. The summed E-state index contributed by atoms with van der Waals surface area (Å²) in [7, 11) is 1.74. The number of hydrogen-bond acceptors (Lipinski definition) is 3. The van der Waals surface area contributed by atoms with Gasteiger partial charge in [0.05, 0.1) is 7.11 Å². The number of methoxy groups -OCH3 is 1. The van der Waals surface area contributed by atoms with Gasteiger partial charge in [-0.1, -0.05) is 42.5 Å². The topological polar surface area (TPSA) is 21.3 Å². The fourth-order valence-electron chi connectivity index (χ4n) is 2.84. The van der Waals surface area contributed by atoms with Crippen LogP contribution >= 0.6 is 11.8 Å². The van der Waals surface area contributed by atoms with Gasteiger partial charge in [0.25, 0.3) is 0 Å². The molecule has 2 nitrogen and oxygen atoms in total. The fraction of sp³-hybridized carbons (Fsp3) is 0.333. The Kier molecular flexibility index (Phi) is 4.84. The van der Waals surface area contributed by atoms with Gasteiger partial charge < -0.3 is 10.1 Å². The van der Waals surface area contributed by atoms with Gasteiger partial charge in [-0.3, -0.25) is 0 Å². The average Bonchev–Trinajstić information content (AvgIpc) is 2.55. The van der Waals surface area contributed by atoms with E-state index in [-0.39, 0.29) is 0 Å². The Labute approximate surface area is 130 Å². The second kappa shape index (κ2) is 7.01. The lowest BCUT2D eigenvalue weighted by Gasteiger charge is -2.26. The standard InChI is InChI=1S/C18H21NOS/c1-20-18-9-5-3-6-14(18)10-11-19-17-13-21-12-15-7-2-4-8-16(15)17/h2-9,17,19H,10-13H2,1H3. The number of rotatable bonds is 5. The Morgan fingerprint density at radius 1 is 1.14 bits per heavy atom. The van der Waals surface area contributed by atoms with Crippen molar-refractivity contribution in [1.82, 2.24) is 5.32 Å². The van der Waals surface area contributed by atoms with Gasteiger partial charge in [0.1, 0.15) is 5.75 Å². The second-order valence-electron chi connectivity index (χ2n) is 5.28. The number of ether oxygens (including phenoxy) is 1. The van der Waals surface area contributed by atoms with Gasteiger partial charge >= 0.3 is 0 Å². The maximum Gasteiger partial charge on any atom is 0.122 e. The summed E-state index contributed by atoms with van der Waals surface area (Å²) >= 11 is 2.01. The lowest BCUT2D eigenvalue weighted by Crippen LogP contribution is -2.28. The zero-order chi connectivity index (χ0) is 14.5. The minimum absolute atomic E-state index is 0.467. The SMILES string of the molecule is COc1ccccc1CCNC1CSCc2ccccc21. The van der Waals surface area contributed by atoms with Crippen LogP contribution in [0.1, 0.15) is 22.7 Å². The van der Waals surface area contributed by atoms with E-state index >= 15 is 0 Å². The average molecular weight is 299 g/mol. The van der Waals surface area contributed by atoms with Gasteiger partial charge in [-0.2, -0.15) is 11.8 Å². The number of nitrogens with one attached hydrogen (secondary N) is 1. The molecule has 1 aliphatic rings. The van der Waals surface area contributed by atoms with Crippen molar-refractivity contribution in [3.05, 3.63) is 65.2 Å². The van der Waals surface area contributed by atoms with Crippen molar-refractivity contribution in [2.75, 3.05) is 19.4 Å². The van der Waals surface area contributed by atoms with Crippen LogP contribution in [0.25, 0.3) is 0 Å². The van der Waals surface area contributed by atoms with Gasteiger partial charge in [-0.25, -0.2) is 0 Å². The molecule has 0 spiro atoms. The molecule has 0 aliphatic carbocycles. The molecule has 0 fully saturated rings. The van der Waals surface area contributed by atoms with Gasteiger partial charge in [0.15, 0.2) is 0 Å². The molecule has 1 heterocycles. The van der Waals surface area contributed by atoms with Crippen molar-refractivity contribution in [2.24, 2.45) is 0 Å². The molecule has 21 heavy (non-hydrogen) atoms. The molecule has 0 bridgehead atoms. The van der Waals surface area contributed by atoms with E-state index in [1.165, 1.54) is 16.7 Å². The van der Waals surface area contributed by atoms with E-state index in [2.05, 4.69) is 41.7 Å². The van der Waals surface area contributed by atoms with Crippen LogP contribution in [0.15, 0.2) is 48.5 Å². The second-order valence-corrected chi connectivity index (χ2v) is 6.31. The van der Waals surface area contributed by atoms with Crippen molar-refractivity contribution in [3.8, 4) is 5.75 Å². The van der Waals surface area contributed by atoms with E-state index < -0.39 is 0 Å². The number of thioether (sulfide) groups is 1. The maximum atomic E-state index is 5.41. The molecule has 0 saturated heterocycles. The first-order valence-electron chi connectivity index (χ1n) is 7.39. The minimum Gasteiger partial charge on any atom is -0.496 e. The smallest absolute Gasteiger partial charge is 0.122 e. The zero-order valence-electron chi connectivity index (χ0n) is 12.3. The summed E-state index contributed by atoms with van der Waals surface area (Å²) in [6.07, 6.45) is 0.993. The summed E-state index contributed by atoms with van der Waals surface area (Å²) in [6.45, 7) is 0.972. The van der Waals surface area contributed by atoms with Gasteiger partial charge in [0.2, 0.25) is 0 Å². The zero-order valence-corrected chi connectivity index (χ0v) is 13.2. The van der Waals surface area contributed by atoms with Crippen LogP contribution in [0.4, 0.5) is 0 Å². The predicted molar refractivity (Wildman–Crippen MR) is 90.0 cm³/mol. The molecule has 3 rings (SSSR count). The molecule has 3 heteroatoms. The van der Waals surface area contributed by atoms with Crippen molar-refractivity contribution < 1.29 is 4.74 Å². The molecule has 110 valence electrons. The Balaban J connectivity index is 1.61. The van der Waals surface area contributed by atoms with Gasteiger partial charge in [-0.05, 0) is 35.7 Å². The summed E-state index contributed by atoms with van der Waals surface area (Å²) in [5, 5.41) is 3.70. The molecule has 1 N–H and O–H groups in total. The summed E-state index contributed by atoms with van der Waals surface area (Å²) < 4.78 is 5.41. The van der Waals surface area contributed by atoms with Crippen molar-refractivity contribution in [3.63, 3.8) is 0 Å². The number of hydrogen-bond donors (Lipinski definition) is 1. The van der Waals surface area contributed by atoms with Crippen LogP contribution in [-0.4, -0.2) is 19.4 Å². The number of para-hydroxylation sites is 1. The Hall–Kier alpha value is -1.45. The molecule has 1 atom stereocenters. The minimum atomic E-state index is 0.467. The van der Waals surface area contributed by atoms with Crippen LogP contribution in [0.3, 0.4) is 0 Å². The van der Waals surface area contributed by atoms with Crippen LogP contribution in [0.2, 0.25) is 0 Å². The summed E-state index contributed by atoms with van der Waals surface area (Å²) in [4.78, 5) is 0. The predicted octanol–water partition coefficient (Wildman–Crippen LogP) is 3.82. The molecule has 2 aromatic rings. The van der Waals surface area contributed by atoms with E-state index in [9.17, 15) is 0 Å². The molecular weight excluding hydrogens is 278 g/mol. The molecule has 1 aliphatic heterocycles. The molecule has 0 radical (unpaired) electrons. The molecule has 0 amide bonds. The van der Waals surface area contributed by atoms with Crippen molar-refractivity contribution >= 4 is 11.8 Å². The first-order chi connectivity index (χ1) is 10.4. The number of fused-ring (bicyclic) bond motifs is 1. The van der Waals surface area contributed by atoms with Crippen LogP contribution in [0, 0.1) is 0 Å². The Morgan fingerprint density at radius 3 is 2.86 bits per heavy atom. The van der Waals surface area contributed by atoms with E-state index in [0.29, 0.717) is 6.04 Å². The van der Waals surface area contributed by atoms with Crippen LogP contribution in [0.5, 0.6) is 5.75 Å². The van der Waals surface area contributed by atoms with E-state index in [1.807, 2.05) is 23.9 Å². The first kappa shape index (κ1) is 14.5. The highest BCUT2D eigenvalue weighted by atomic mass is 32.2. The Bertz CT molecular complexity index is 599. The molecule has 1 unspecified atom stereocenters. The molecular formula is C18H21NOS. The monoisotopic (exact) mass is 299 g/mol. The van der Waals surface area contributed by atoms with Crippen LogP contribution < -0.4 is 10.1 Å². The molecule has 2 aromatic carbocycles. The largest absolute Gasteiger partial charge is 0.496 e. The quantitative estimate of drug-likeness (QED) is 0.907. The van der Waals surface area contributed by atoms with E-state index in [4.69, 9.17) is 4.74 Å². The highest BCUT2D eigenvalue weighted by Crippen LogP contribution is 2.31. The highest BCUT2D eigenvalue weighted by Gasteiger charge is 2.19. The maximum absolute atomic E-state index is 5.41. The third-order valence-corrected chi connectivity index (χ3v) is 5.03. The van der Waals surface area contributed by atoms with E-state index in [0.717, 1.165) is 30.2 Å². The van der Waals surface area contributed by atoms with Crippen LogP contribution in [-0.2, 0) is 12.2 Å². The Morgan fingerprint density at radius 2 is 1.95 bits per heavy atom. The lowest BCUT2D eigenvalue weighted by molar-refractivity contribution is 0.408. The molecule has 0 saturated carbocycles. The fourth-order valence-corrected chi connectivity index (χ4v) is 3.98. The summed E-state index contributed by atoms with van der Waals surface area (Å²) in [5.74, 6) is 3.28. The first-order valence-corrected chi connectivity index (χ1v) is 8.55. The van der Waals surface area contributed by atoms with Gasteiger partial charge in [-0.15, -0.1) is 0 Å². The lowest BCUT2D eigenvalue weighted by atomic mass is 10.0. The summed E-state index contributed by atoms with van der Waals surface area (Å²) in [5.41, 5.74) is 4.21. The number of benzene rings is 2. The van der Waals surface area contributed by atoms with E-state index in [1.54, 1.807) is 7.11 Å².